The summed E-state index contributed by atoms with van der Waals surface area (Å²) in [7, 11) is -3.41. The Kier molecular flexibility index (Phi) is 4.08. The summed E-state index contributed by atoms with van der Waals surface area (Å²) >= 11 is 0. The van der Waals surface area contributed by atoms with E-state index < -0.39 is 10.0 Å². The lowest BCUT2D eigenvalue weighted by Gasteiger charge is -1.96. The fourth-order valence-electron chi connectivity index (χ4n) is 0.425. The van der Waals surface area contributed by atoms with Crippen LogP contribution in [0.4, 0.5) is 0 Å². The molecule has 0 amide bonds. The van der Waals surface area contributed by atoms with Gasteiger partial charge in [0.1, 0.15) is 0 Å². The van der Waals surface area contributed by atoms with E-state index in [2.05, 4.69) is 11.1 Å². The molecule has 0 aliphatic carbocycles. The standard InChI is InChI=1S/C6H11NO2S/c1-3-5-6-7-10(8,9)4-2/h2,7H,3,5-6H2,1H3. The Morgan fingerprint density at radius 1 is 1.60 bits per heavy atom. The van der Waals surface area contributed by atoms with Crippen molar-refractivity contribution in [1.82, 2.24) is 4.72 Å². The van der Waals surface area contributed by atoms with Crippen LogP contribution in [0, 0.1) is 11.7 Å². The molecule has 0 atom stereocenters. The van der Waals surface area contributed by atoms with E-state index in [1.54, 1.807) is 5.25 Å². The molecule has 0 aromatic heterocycles. The second-order valence-corrected chi connectivity index (χ2v) is 3.40. The predicted molar refractivity (Wildman–Crippen MR) is 40.7 cm³/mol. The number of nitrogens with one attached hydrogen (secondary N) is 1. The van der Waals surface area contributed by atoms with Crippen molar-refractivity contribution >= 4 is 10.0 Å². The van der Waals surface area contributed by atoms with E-state index in [1.165, 1.54) is 0 Å². The third-order valence-corrected chi connectivity index (χ3v) is 1.87. The molecule has 4 heteroatoms. The Bertz CT molecular complexity index is 212. The smallest absolute Gasteiger partial charge is 0.205 e. The molecule has 58 valence electrons. The zero-order valence-electron chi connectivity index (χ0n) is 5.92. The van der Waals surface area contributed by atoms with E-state index in [9.17, 15) is 8.42 Å². The number of rotatable bonds is 4. The van der Waals surface area contributed by atoms with Crippen molar-refractivity contribution in [2.75, 3.05) is 6.54 Å². The summed E-state index contributed by atoms with van der Waals surface area (Å²) in [5.74, 6) is 0. The van der Waals surface area contributed by atoms with Crippen LogP contribution in [0.3, 0.4) is 0 Å². The summed E-state index contributed by atoms with van der Waals surface area (Å²) in [6.45, 7) is 2.41. The first-order valence-electron chi connectivity index (χ1n) is 3.09. The van der Waals surface area contributed by atoms with Gasteiger partial charge in [0, 0.05) is 11.8 Å². The Hall–Kier alpha value is -0.530. The summed E-state index contributed by atoms with van der Waals surface area (Å²) in [6, 6.07) is 0. The van der Waals surface area contributed by atoms with E-state index in [-0.39, 0.29) is 0 Å². The van der Waals surface area contributed by atoms with Crippen molar-refractivity contribution in [3.05, 3.63) is 0 Å². The van der Waals surface area contributed by atoms with Crippen LogP contribution in [0.1, 0.15) is 19.8 Å². The molecule has 0 saturated carbocycles. The predicted octanol–water partition coefficient (Wildman–Crippen LogP) is 0.297. The van der Waals surface area contributed by atoms with Gasteiger partial charge < -0.3 is 0 Å². The van der Waals surface area contributed by atoms with Crippen LogP contribution in [0.5, 0.6) is 0 Å². The van der Waals surface area contributed by atoms with Gasteiger partial charge in [-0.3, -0.25) is 0 Å². The molecule has 0 aromatic rings. The van der Waals surface area contributed by atoms with Crippen molar-refractivity contribution in [3.8, 4) is 11.7 Å². The number of unbranched alkanes of at least 4 members (excludes halogenated alkanes) is 1. The highest BCUT2D eigenvalue weighted by molar-refractivity contribution is 7.94. The quantitative estimate of drug-likeness (QED) is 0.476. The van der Waals surface area contributed by atoms with Crippen molar-refractivity contribution in [2.45, 2.75) is 19.8 Å². The second kappa shape index (κ2) is 4.31. The molecule has 0 spiro atoms. The van der Waals surface area contributed by atoms with Crippen LogP contribution in [0.2, 0.25) is 0 Å². The first-order chi connectivity index (χ1) is 4.62. The Morgan fingerprint density at radius 3 is 2.60 bits per heavy atom. The molecule has 0 fully saturated rings. The van der Waals surface area contributed by atoms with Gasteiger partial charge in [-0.15, -0.1) is 6.42 Å². The average Bonchev–Trinajstić information content (AvgIpc) is 1.89. The molecule has 0 unspecified atom stereocenters. The van der Waals surface area contributed by atoms with Gasteiger partial charge in [-0.25, -0.2) is 4.72 Å². The highest BCUT2D eigenvalue weighted by Crippen LogP contribution is 1.85. The van der Waals surface area contributed by atoms with E-state index in [0.29, 0.717) is 6.54 Å². The Balaban J connectivity index is 3.62. The highest BCUT2D eigenvalue weighted by atomic mass is 32.2. The van der Waals surface area contributed by atoms with Crippen molar-refractivity contribution in [3.63, 3.8) is 0 Å². The lowest BCUT2D eigenvalue weighted by atomic mass is 10.3. The number of hydrogen-bond acceptors (Lipinski definition) is 2. The molecule has 0 aromatic carbocycles. The summed E-state index contributed by atoms with van der Waals surface area (Å²) in [5.41, 5.74) is 0. The first-order valence-corrected chi connectivity index (χ1v) is 4.57. The maximum atomic E-state index is 10.5. The van der Waals surface area contributed by atoms with Crippen LogP contribution < -0.4 is 4.72 Å². The molecule has 1 N–H and O–H groups in total. The van der Waals surface area contributed by atoms with E-state index in [0.717, 1.165) is 12.8 Å². The van der Waals surface area contributed by atoms with Crippen LogP contribution >= 0.6 is 0 Å². The molecule has 0 aliphatic rings. The third kappa shape index (κ3) is 4.36. The molecule has 10 heavy (non-hydrogen) atoms. The molecular formula is C6H11NO2S. The van der Waals surface area contributed by atoms with Gasteiger partial charge in [-0.05, 0) is 6.42 Å². The van der Waals surface area contributed by atoms with Gasteiger partial charge in [-0.2, -0.15) is 8.42 Å². The maximum absolute atomic E-state index is 10.5. The normalized spacial score (nSPS) is 10.8. The first kappa shape index (κ1) is 9.47. The van der Waals surface area contributed by atoms with Crippen LogP contribution in [0.25, 0.3) is 0 Å². The fraction of sp³-hybridized carbons (Fsp3) is 0.667. The molecule has 0 radical (unpaired) electrons. The van der Waals surface area contributed by atoms with Gasteiger partial charge >= 0.3 is 0 Å². The zero-order chi connectivity index (χ0) is 8.04. The Morgan fingerprint density at radius 2 is 2.20 bits per heavy atom. The van der Waals surface area contributed by atoms with Crippen molar-refractivity contribution in [1.29, 1.82) is 0 Å². The summed E-state index contributed by atoms with van der Waals surface area (Å²) in [6.07, 6.45) is 6.46. The van der Waals surface area contributed by atoms with Crippen LogP contribution in [-0.4, -0.2) is 15.0 Å². The summed E-state index contributed by atoms with van der Waals surface area (Å²) in [5, 5.41) is 1.66. The summed E-state index contributed by atoms with van der Waals surface area (Å²) < 4.78 is 23.3. The SMILES string of the molecule is C#CS(=O)(=O)NCCCC. The minimum atomic E-state index is -3.41. The van der Waals surface area contributed by atoms with Crippen LogP contribution in [-0.2, 0) is 10.0 Å². The topological polar surface area (TPSA) is 46.2 Å². The van der Waals surface area contributed by atoms with Gasteiger partial charge in [0.25, 0.3) is 10.0 Å². The molecular weight excluding hydrogens is 150 g/mol. The maximum Gasteiger partial charge on any atom is 0.280 e. The minimum Gasteiger partial charge on any atom is -0.205 e. The lowest BCUT2D eigenvalue weighted by Crippen LogP contribution is -2.22. The largest absolute Gasteiger partial charge is 0.280 e. The molecule has 3 nitrogen and oxygen atoms in total. The zero-order valence-corrected chi connectivity index (χ0v) is 6.74. The second-order valence-electron chi connectivity index (χ2n) is 1.87. The van der Waals surface area contributed by atoms with E-state index >= 15 is 0 Å². The van der Waals surface area contributed by atoms with Crippen molar-refractivity contribution < 1.29 is 8.42 Å². The fourth-order valence-corrected chi connectivity index (χ4v) is 0.921. The Labute approximate surface area is 61.9 Å². The van der Waals surface area contributed by atoms with Gasteiger partial charge in [-0.1, -0.05) is 13.3 Å². The number of hydrogen-bond donors (Lipinski definition) is 1. The number of terminal acetylenes is 1. The van der Waals surface area contributed by atoms with Gasteiger partial charge in [0.05, 0.1) is 0 Å². The van der Waals surface area contributed by atoms with Crippen molar-refractivity contribution in [2.24, 2.45) is 0 Å². The molecule has 0 heterocycles. The van der Waals surface area contributed by atoms with Gasteiger partial charge in [0.15, 0.2) is 0 Å². The van der Waals surface area contributed by atoms with E-state index in [1.807, 2.05) is 6.92 Å². The molecule has 0 saturated heterocycles. The monoisotopic (exact) mass is 161 g/mol. The van der Waals surface area contributed by atoms with Crippen LogP contribution in [0.15, 0.2) is 0 Å². The molecule has 0 bridgehead atoms. The average molecular weight is 161 g/mol. The molecule has 0 aliphatic heterocycles. The highest BCUT2D eigenvalue weighted by Gasteiger charge is 2.00. The van der Waals surface area contributed by atoms with Gasteiger partial charge in [0.2, 0.25) is 0 Å². The third-order valence-electron chi connectivity index (χ3n) is 0.978. The lowest BCUT2D eigenvalue weighted by molar-refractivity contribution is 0.589. The minimum absolute atomic E-state index is 0.434. The number of sulfonamides is 1. The molecule has 0 rings (SSSR count). The summed E-state index contributed by atoms with van der Waals surface area (Å²) in [4.78, 5) is 0. The van der Waals surface area contributed by atoms with E-state index in [4.69, 9.17) is 0 Å².